The second-order valence-electron chi connectivity index (χ2n) is 4.88. The minimum atomic E-state index is -0.453. The number of ether oxygens (including phenoxy) is 1. The minimum absolute atomic E-state index is 0. The summed E-state index contributed by atoms with van der Waals surface area (Å²) >= 11 is 0. The average molecular weight is 297 g/mol. The van der Waals surface area contributed by atoms with E-state index >= 15 is 0 Å². The van der Waals surface area contributed by atoms with Crippen LogP contribution < -0.4 is 10.5 Å². The molecule has 6 nitrogen and oxygen atoms in total. The molecule has 108 valence electrons. The maximum atomic E-state index is 6.29. The van der Waals surface area contributed by atoms with Crippen molar-refractivity contribution in [3.63, 3.8) is 0 Å². The van der Waals surface area contributed by atoms with Gasteiger partial charge in [0.15, 0.2) is 0 Å². The molecule has 0 aliphatic heterocycles. The largest absolute Gasteiger partial charge is 0.481 e. The molecule has 1 fully saturated rings. The van der Waals surface area contributed by atoms with Crippen LogP contribution in [0.1, 0.15) is 31.6 Å². The maximum Gasteiger partial charge on any atom is 0.247 e. The molecule has 2 heterocycles. The van der Waals surface area contributed by atoms with Crippen LogP contribution in [0.25, 0.3) is 11.4 Å². The maximum absolute atomic E-state index is 6.29. The fourth-order valence-corrected chi connectivity index (χ4v) is 2.40. The molecule has 1 aliphatic rings. The average Bonchev–Trinajstić information content (AvgIpc) is 3.08. The minimum Gasteiger partial charge on any atom is -0.481 e. The Labute approximate surface area is 123 Å². The molecule has 0 atom stereocenters. The molecule has 0 bridgehead atoms. The number of nitrogens with two attached hydrogens (primary N) is 1. The van der Waals surface area contributed by atoms with Crippen molar-refractivity contribution in [3.8, 4) is 17.3 Å². The van der Waals surface area contributed by atoms with Gasteiger partial charge in [-0.1, -0.05) is 18.0 Å². The number of nitrogens with zero attached hydrogens (tertiary/aromatic N) is 3. The van der Waals surface area contributed by atoms with Crippen molar-refractivity contribution < 1.29 is 9.26 Å². The first-order valence-electron chi connectivity index (χ1n) is 6.35. The topological polar surface area (TPSA) is 87.1 Å². The molecule has 0 saturated heterocycles. The number of rotatable bonds is 3. The van der Waals surface area contributed by atoms with Crippen molar-refractivity contribution in [2.75, 3.05) is 7.11 Å². The van der Waals surface area contributed by atoms with Crippen LogP contribution in [-0.2, 0) is 5.54 Å². The quantitative estimate of drug-likeness (QED) is 0.935. The lowest BCUT2D eigenvalue weighted by molar-refractivity contribution is 0.285. The third-order valence-electron chi connectivity index (χ3n) is 3.55. The fraction of sp³-hybridized carbons (Fsp3) is 0.462. The highest BCUT2D eigenvalue weighted by molar-refractivity contribution is 5.85. The second kappa shape index (κ2) is 5.76. The highest BCUT2D eigenvalue weighted by Gasteiger charge is 2.36. The van der Waals surface area contributed by atoms with Crippen molar-refractivity contribution in [2.45, 2.75) is 31.2 Å². The van der Waals surface area contributed by atoms with Crippen molar-refractivity contribution >= 4 is 12.4 Å². The number of methoxy groups -OCH3 is 1. The molecule has 0 unspecified atom stereocenters. The molecule has 0 aromatic carbocycles. The van der Waals surface area contributed by atoms with Crippen molar-refractivity contribution in [3.05, 3.63) is 24.2 Å². The van der Waals surface area contributed by atoms with Crippen molar-refractivity contribution in [1.82, 2.24) is 15.1 Å². The van der Waals surface area contributed by atoms with Crippen LogP contribution in [0.2, 0.25) is 0 Å². The Morgan fingerprint density at radius 2 is 2.05 bits per heavy atom. The Bertz CT molecular complexity index is 564. The number of hydrogen-bond donors (Lipinski definition) is 1. The molecule has 0 spiro atoms. The molecule has 2 aromatic heterocycles. The fourth-order valence-electron chi connectivity index (χ4n) is 2.40. The lowest BCUT2D eigenvalue weighted by Gasteiger charge is -2.17. The Kier molecular flexibility index (Phi) is 4.25. The van der Waals surface area contributed by atoms with Crippen LogP contribution in [0.5, 0.6) is 5.88 Å². The van der Waals surface area contributed by atoms with Gasteiger partial charge in [-0.2, -0.15) is 4.98 Å². The Morgan fingerprint density at radius 1 is 1.30 bits per heavy atom. The van der Waals surface area contributed by atoms with E-state index < -0.39 is 5.54 Å². The van der Waals surface area contributed by atoms with Gasteiger partial charge in [0, 0.05) is 17.8 Å². The summed E-state index contributed by atoms with van der Waals surface area (Å²) in [5.41, 5.74) is 6.62. The van der Waals surface area contributed by atoms with E-state index in [-0.39, 0.29) is 12.4 Å². The number of halogens is 1. The second-order valence-corrected chi connectivity index (χ2v) is 4.88. The van der Waals surface area contributed by atoms with Gasteiger partial charge in [-0.3, -0.25) is 0 Å². The Hall–Kier alpha value is -1.66. The Morgan fingerprint density at radius 3 is 2.65 bits per heavy atom. The van der Waals surface area contributed by atoms with E-state index in [2.05, 4.69) is 15.1 Å². The van der Waals surface area contributed by atoms with E-state index in [1.165, 1.54) is 0 Å². The zero-order chi connectivity index (χ0) is 13.3. The van der Waals surface area contributed by atoms with Crippen molar-refractivity contribution in [2.24, 2.45) is 5.73 Å². The van der Waals surface area contributed by atoms with Crippen LogP contribution in [0.3, 0.4) is 0 Å². The molecule has 0 radical (unpaired) electrons. The molecular formula is C13H17ClN4O2. The van der Waals surface area contributed by atoms with Crippen LogP contribution in [-0.4, -0.2) is 22.2 Å². The summed E-state index contributed by atoms with van der Waals surface area (Å²) in [4.78, 5) is 8.53. The Balaban J connectivity index is 0.00000147. The van der Waals surface area contributed by atoms with Gasteiger partial charge in [0.2, 0.25) is 17.6 Å². The van der Waals surface area contributed by atoms with E-state index in [0.29, 0.717) is 17.6 Å². The smallest absolute Gasteiger partial charge is 0.247 e. The molecule has 1 aliphatic carbocycles. The van der Waals surface area contributed by atoms with Crippen LogP contribution in [0, 0.1) is 0 Å². The van der Waals surface area contributed by atoms with Gasteiger partial charge >= 0.3 is 0 Å². The van der Waals surface area contributed by atoms with Crippen molar-refractivity contribution in [1.29, 1.82) is 0 Å². The van der Waals surface area contributed by atoms with E-state index in [4.69, 9.17) is 15.0 Å². The zero-order valence-corrected chi connectivity index (χ0v) is 12.0. The van der Waals surface area contributed by atoms with Crippen LogP contribution in [0.4, 0.5) is 0 Å². The summed E-state index contributed by atoms with van der Waals surface area (Å²) in [5.74, 6) is 1.59. The summed E-state index contributed by atoms with van der Waals surface area (Å²) < 4.78 is 10.3. The highest BCUT2D eigenvalue weighted by Crippen LogP contribution is 2.35. The van der Waals surface area contributed by atoms with E-state index in [0.717, 1.165) is 31.2 Å². The predicted molar refractivity (Wildman–Crippen MR) is 75.7 cm³/mol. The van der Waals surface area contributed by atoms with Gasteiger partial charge in [0.1, 0.15) is 0 Å². The summed E-state index contributed by atoms with van der Waals surface area (Å²) in [5, 5.41) is 3.98. The van der Waals surface area contributed by atoms with Gasteiger partial charge < -0.3 is 15.0 Å². The molecule has 2 N–H and O–H groups in total. The molecule has 7 heteroatoms. The lowest BCUT2D eigenvalue weighted by Crippen LogP contribution is -2.33. The van der Waals surface area contributed by atoms with E-state index in [1.54, 1.807) is 19.4 Å². The van der Waals surface area contributed by atoms with Gasteiger partial charge in [-0.25, -0.2) is 4.98 Å². The number of pyridine rings is 1. The summed E-state index contributed by atoms with van der Waals surface area (Å²) in [6.45, 7) is 0. The number of hydrogen-bond acceptors (Lipinski definition) is 6. The summed E-state index contributed by atoms with van der Waals surface area (Å²) in [6, 6.07) is 3.61. The lowest BCUT2D eigenvalue weighted by atomic mass is 9.99. The van der Waals surface area contributed by atoms with Crippen LogP contribution >= 0.6 is 12.4 Å². The molecule has 20 heavy (non-hydrogen) atoms. The molecule has 1 saturated carbocycles. The highest BCUT2D eigenvalue weighted by atomic mass is 35.5. The van der Waals surface area contributed by atoms with Gasteiger partial charge in [0.05, 0.1) is 12.6 Å². The first kappa shape index (κ1) is 14.7. The van der Waals surface area contributed by atoms with E-state index in [9.17, 15) is 0 Å². The van der Waals surface area contributed by atoms with Crippen LogP contribution in [0.15, 0.2) is 22.9 Å². The zero-order valence-electron chi connectivity index (χ0n) is 11.2. The first-order chi connectivity index (χ1) is 9.21. The molecule has 3 rings (SSSR count). The SMILES string of the molecule is COc1ccc(-c2noc(C3(N)CCCC3)n2)cn1.Cl. The van der Waals surface area contributed by atoms with E-state index in [1.807, 2.05) is 6.07 Å². The summed E-state index contributed by atoms with van der Waals surface area (Å²) in [6.07, 6.45) is 5.67. The van der Waals surface area contributed by atoms with Gasteiger partial charge in [0.25, 0.3) is 0 Å². The van der Waals surface area contributed by atoms with Gasteiger partial charge in [-0.05, 0) is 18.9 Å². The standard InChI is InChI=1S/C13H16N4O2.ClH/c1-18-10-5-4-9(8-15-10)11-16-12(19-17-11)13(14)6-2-3-7-13;/h4-5,8H,2-3,6-7,14H2,1H3;1H. The molecule has 2 aromatic rings. The molecular weight excluding hydrogens is 280 g/mol. The molecule has 0 amide bonds. The monoisotopic (exact) mass is 296 g/mol. The van der Waals surface area contributed by atoms with Gasteiger partial charge in [-0.15, -0.1) is 12.4 Å². The third kappa shape index (κ3) is 2.62. The first-order valence-corrected chi connectivity index (χ1v) is 6.35. The number of aromatic nitrogens is 3. The third-order valence-corrected chi connectivity index (χ3v) is 3.55. The summed E-state index contributed by atoms with van der Waals surface area (Å²) in [7, 11) is 1.58. The predicted octanol–water partition coefficient (Wildman–Crippen LogP) is 2.29. The normalized spacial score (nSPS) is 16.7.